The average molecular weight is 284 g/mol. The maximum atomic E-state index is 12.1. The van der Waals surface area contributed by atoms with Crippen molar-refractivity contribution < 1.29 is 13.2 Å². The fraction of sp³-hybridized carbons (Fsp3) is 0.462. The summed E-state index contributed by atoms with van der Waals surface area (Å²) >= 11 is 0. The highest BCUT2D eigenvalue weighted by Crippen LogP contribution is 2.21. The van der Waals surface area contributed by atoms with Gasteiger partial charge in [-0.2, -0.15) is 0 Å². The number of rotatable bonds is 4. The maximum absolute atomic E-state index is 12.1. The van der Waals surface area contributed by atoms with Crippen molar-refractivity contribution >= 4 is 15.9 Å². The Hall–Kier alpha value is -1.40. The van der Waals surface area contributed by atoms with Crippen molar-refractivity contribution in [3.05, 3.63) is 28.8 Å². The molecular weight excluding hydrogens is 264 g/mol. The number of benzene rings is 1. The van der Waals surface area contributed by atoms with E-state index in [2.05, 4.69) is 4.72 Å². The van der Waals surface area contributed by atoms with E-state index in [1.165, 1.54) is 13.1 Å². The van der Waals surface area contributed by atoms with Crippen LogP contribution in [0.25, 0.3) is 0 Å². The number of amides is 1. The van der Waals surface area contributed by atoms with Gasteiger partial charge in [-0.25, -0.2) is 13.1 Å². The molecule has 1 aromatic rings. The number of hydrogen-bond acceptors (Lipinski definition) is 3. The van der Waals surface area contributed by atoms with Crippen LogP contribution in [0.2, 0.25) is 0 Å². The molecule has 0 aromatic heterocycles. The second-order valence-electron chi connectivity index (χ2n) is 4.44. The lowest BCUT2D eigenvalue weighted by Crippen LogP contribution is -2.27. The molecule has 0 atom stereocenters. The Bertz CT molecular complexity index is 594. The normalized spacial score (nSPS) is 11.4. The largest absolute Gasteiger partial charge is 0.342 e. The van der Waals surface area contributed by atoms with Crippen molar-refractivity contribution in [3.8, 4) is 0 Å². The monoisotopic (exact) mass is 284 g/mol. The molecule has 5 nitrogen and oxygen atoms in total. The van der Waals surface area contributed by atoms with E-state index >= 15 is 0 Å². The van der Waals surface area contributed by atoms with Gasteiger partial charge in [-0.05, 0) is 51.1 Å². The van der Waals surface area contributed by atoms with E-state index in [1.54, 1.807) is 31.9 Å². The Morgan fingerprint density at radius 1 is 1.32 bits per heavy atom. The number of aryl methyl sites for hydroxylation is 1. The molecule has 19 heavy (non-hydrogen) atoms. The number of nitrogens with zero attached hydrogens (tertiary/aromatic N) is 1. The summed E-state index contributed by atoms with van der Waals surface area (Å²) in [6, 6.07) is 3.15. The van der Waals surface area contributed by atoms with E-state index in [9.17, 15) is 13.2 Å². The molecule has 6 heteroatoms. The van der Waals surface area contributed by atoms with E-state index in [0.717, 1.165) is 5.56 Å². The molecule has 0 saturated heterocycles. The second kappa shape index (κ2) is 5.71. The van der Waals surface area contributed by atoms with E-state index < -0.39 is 10.0 Å². The molecule has 0 aliphatic carbocycles. The van der Waals surface area contributed by atoms with E-state index in [0.29, 0.717) is 17.7 Å². The lowest BCUT2D eigenvalue weighted by atomic mass is 10.1. The first-order valence-corrected chi connectivity index (χ1v) is 7.53. The Labute approximate surface area is 114 Å². The third-order valence-corrected chi connectivity index (χ3v) is 4.79. The van der Waals surface area contributed by atoms with Crippen LogP contribution in [-0.4, -0.2) is 39.9 Å². The molecule has 1 amide bonds. The van der Waals surface area contributed by atoms with Crippen molar-refractivity contribution in [1.82, 2.24) is 9.62 Å². The van der Waals surface area contributed by atoms with Gasteiger partial charge in [-0.3, -0.25) is 4.79 Å². The van der Waals surface area contributed by atoms with Crippen molar-refractivity contribution in [2.45, 2.75) is 25.7 Å². The van der Waals surface area contributed by atoms with E-state index in [-0.39, 0.29) is 10.8 Å². The van der Waals surface area contributed by atoms with Gasteiger partial charge in [-0.15, -0.1) is 0 Å². The minimum absolute atomic E-state index is 0.155. The van der Waals surface area contributed by atoms with Crippen LogP contribution in [0, 0.1) is 13.8 Å². The molecule has 0 heterocycles. The fourth-order valence-corrected chi connectivity index (χ4v) is 2.77. The number of carbonyl (C=O) groups is 1. The van der Waals surface area contributed by atoms with Gasteiger partial charge in [0, 0.05) is 19.2 Å². The Morgan fingerprint density at radius 2 is 1.89 bits per heavy atom. The summed E-state index contributed by atoms with van der Waals surface area (Å²) in [7, 11) is -0.518. The maximum Gasteiger partial charge on any atom is 0.253 e. The zero-order valence-corrected chi connectivity index (χ0v) is 12.8. The van der Waals surface area contributed by atoms with Gasteiger partial charge in [0.25, 0.3) is 5.91 Å². The first-order chi connectivity index (χ1) is 8.74. The molecule has 0 bridgehead atoms. The summed E-state index contributed by atoms with van der Waals surface area (Å²) in [4.78, 5) is 13.8. The molecule has 0 fully saturated rings. The van der Waals surface area contributed by atoms with Crippen molar-refractivity contribution in [2.75, 3.05) is 20.6 Å². The summed E-state index contributed by atoms with van der Waals surface area (Å²) in [5.41, 5.74) is 1.83. The number of sulfonamides is 1. The minimum Gasteiger partial charge on any atom is -0.342 e. The van der Waals surface area contributed by atoms with Crippen LogP contribution in [-0.2, 0) is 10.0 Å². The van der Waals surface area contributed by atoms with Gasteiger partial charge < -0.3 is 4.90 Å². The third-order valence-electron chi connectivity index (χ3n) is 3.25. The van der Waals surface area contributed by atoms with Crippen molar-refractivity contribution in [3.63, 3.8) is 0 Å². The summed E-state index contributed by atoms with van der Waals surface area (Å²) in [6.07, 6.45) is 0. The lowest BCUT2D eigenvalue weighted by molar-refractivity contribution is 0.0802. The van der Waals surface area contributed by atoms with Crippen molar-refractivity contribution in [1.29, 1.82) is 0 Å². The summed E-state index contributed by atoms with van der Waals surface area (Å²) in [5.74, 6) is -0.182. The second-order valence-corrected chi connectivity index (χ2v) is 6.30. The highest BCUT2D eigenvalue weighted by atomic mass is 32.2. The van der Waals surface area contributed by atoms with E-state index in [4.69, 9.17) is 0 Å². The fourth-order valence-electron chi connectivity index (χ4n) is 1.70. The van der Waals surface area contributed by atoms with E-state index in [1.807, 2.05) is 6.92 Å². The average Bonchev–Trinajstić information content (AvgIpc) is 2.39. The van der Waals surface area contributed by atoms with Crippen LogP contribution in [0.5, 0.6) is 0 Å². The van der Waals surface area contributed by atoms with Gasteiger partial charge in [0.2, 0.25) is 10.0 Å². The van der Waals surface area contributed by atoms with Gasteiger partial charge in [0.1, 0.15) is 0 Å². The first kappa shape index (κ1) is 15.7. The van der Waals surface area contributed by atoms with Crippen molar-refractivity contribution in [2.24, 2.45) is 0 Å². The Balaban J connectivity index is 3.45. The Morgan fingerprint density at radius 3 is 2.37 bits per heavy atom. The molecule has 1 rings (SSSR count). The predicted molar refractivity (Wildman–Crippen MR) is 74.8 cm³/mol. The lowest BCUT2D eigenvalue weighted by Gasteiger charge is -2.17. The molecule has 0 radical (unpaired) electrons. The summed E-state index contributed by atoms with van der Waals surface area (Å²) in [6.45, 7) is 5.97. The highest BCUT2D eigenvalue weighted by molar-refractivity contribution is 7.89. The molecule has 106 valence electrons. The van der Waals surface area contributed by atoms with Gasteiger partial charge in [0.05, 0.1) is 4.90 Å². The van der Waals surface area contributed by atoms with Crippen LogP contribution in [0.3, 0.4) is 0 Å². The molecular formula is C13H20N2O3S. The summed E-state index contributed by atoms with van der Waals surface area (Å²) < 4.78 is 26.2. The van der Waals surface area contributed by atoms with Crippen LogP contribution in [0.1, 0.15) is 28.4 Å². The summed E-state index contributed by atoms with van der Waals surface area (Å²) in [5, 5.41) is 0. The molecule has 1 N–H and O–H groups in total. The number of nitrogens with one attached hydrogen (secondary N) is 1. The highest BCUT2D eigenvalue weighted by Gasteiger charge is 2.20. The molecule has 0 unspecified atom stereocenters. The number of carbonyl (C=O) groups excluding carboxylic acids is 1. The molecule has 0 aliphatic rings. The minimum atomic E-state index is -3.56. The third kappa shape index (κ3) is 3.13. The van der Waals surface area contributed by atoms with Crippen LogP contribution in [0.15, 0.2) is 17.0 Å². The van der Waals surface area contributed by atoms with Crippen LogP contribution >= 0.6 is 0 Å². The topological polar surface area (TPSA) is 66.5 Å². The van der Waals surface area contributed by atoms with Gasteiger partial charge in [-0.1, -0.05) is 0 Å². The molecule has 0 spiro atoms. The van der Waals surface area contributed by atoms with Gasteiger partial charge >= 0.3 is 0 Å². The first-order valence-electron chi connectivity index (χ1n) is 6.04. The number of hydrogen-bond donors (Lipinski definition) is 1. The molecule has 0 aliphatic heterocycles. The smallest absolute Gasteiger partial charge is 0.253 e. The zero-order chi connectivity index (χ0) is 14.8. The van der Waals surface area contributed by atoms with Gasteiger partial charge in [0.15, 0.2) is 0 Å². The zero-order valence-electron chi connectivity index (χ0n) is 11.9. The SMILES string of the molecule is CCN(C)C(=O)c1cc(C)c(C)c(S(=O)(=O)NC)c1. The Kier molecular flexibility index (Phi) is 4.70. The predicted octanol–water partition coefficient (Wildman–Crippen LogP) is 1.30. The van der Waals surface area contributed by atoms with Crippen LogP contribution in [0.4, 0.5) is 0 Å². The molecule has 1 aromatic carbocycles. The van der Waals surface area contributed by atoms with Crippen LogP contribution < -0.4 is 4.72 Å². The molecule has 0 saturated carbocycles. The quantitative estimate of drug-likeness (QED) is 0.906. The standard InChI is InChI=1S/C13H20N2O3S/c1-6-15(5)13(16)11-7-9(2)10(3)12(8-11)19(17,18)14-4/h7-8,14H,6H2,1-5H3.